The first-order valence-electron chi connectivity index (χ1n) is 7.51. The fraction of sp³-hybridized carbons (Fsp3) is 0.158. The lowest BCUT2D eigenvalue weighted by atomic mass is 10.0. The maximum atomic E-state index is 12.2. The molecule has 116 valence electrons. The van der Waals surface area contributed by atoms with Crippen molar-refractivity contribution >= 4 is 17.3 Å². The number of ketones is 1. The van der Waals surface area contributed by atoms with E-state index in [1.165, 1.54) is 6.92 Å². The van der Waals surface area contributed by atoms with Gasteiger partial charge in [0, 0.05) is 18.7 Å². The first kappa shape index (κ1) is 15.0. The second kappa shape index (κ2) is 6.08. The number of rotatable bonds is 4. The molecule has 0 N–H and O–H groups in total. The molecule has 0 saturated heterocycles. The van der Waals surface area contributed by atoms with Crippen LogP contribution in [0, 0.1) is 0 Å². The smallest absolute Gasteiger partial charge is 0.340 e. The number of ether oxygens (including phenoxy) is 1. The van der Waals surface area contributed by atoms with E-state index in [0.717, 1.165) is 11.1 Å². The standard InChI is InChI=1S/C19H17NO3/c1-3-23-19(22)15-10-7-11-20-17(15)12-16(18(20)13(2)21)14-8-5-4-6-9-14/h4-12H,3H2,1-2H3. The molecule has 0 spiro atoms. The second-order valence-corrected chi connectivity index (χ2v) is 5.23. The van der Waals surface area contributed by atoms with Gasteiger partial charge >= 0.3 is 5.97 Å². The third-order valence-electron chi connectivity index (χ3n) is 3.72. The Morgan fingerprint density at radius 3 is 2.48 bits per heavy atom. The van der Waals surface area contributed by atoms with Crippen molar-refractivity contribution in [3.8, 4) is 11.1 Å². The minimum absolute atomic E-state index is 0.0511. The van der Waals surface area contributed by atoms with Crippen molar-refractivity contribution < 1.29 is 14.3 Å². The van der Waals surface area contributed by atoms with E-state index in [0.29, 0.717) is 23.4 Å². The molecule has 0 bridgehead atoms. The number of esters is 1. The molecule has 1 aromatic carbocycles. The van der Waals surface area contributed by atoms with Gasteiger partial charge < -0.3 is 9.14 Å². The normalized spacial score (nSPS) is 10.7. The second-order valence-electron chi connectivity index (χ2n) is 5.23. The number of hydrogen-bond acceptors (Lipinski definition) is 3. The van der Waals surface area contributed by atoms with Gasteiger partial charge in [-0.2, -0.15) is 0 Å². The van der Waals surface area contributed by atoms with E-state index in [-0.39, 0.29) is 11.8 Å². The summed E-state index contributed by atoms with van der Waals surface area (Å²) in [5.41, 5.74) is 3.46. The molecule has 0 amide bonds. The van der Waals surface area contributed by atoms with Crippen molar-refractivity contribution in [3.05, 3.63) is 66.0 Å². The van der Waals surface area contributed by atoms with Crippen LogP contribution in [-0.2, 0) is 4.74 Å². The lowest BCUT2D eigenvalue weighted by Crippen LogP contribution is -2.07. The Morgan fingerprint density at radius 1 is 1.09 bits per heavy atom. The predicted molar refractivity (Wildman–Crippen MR) is 88.8 cm³/mol. The zero-order valence-electron chi connectivity index (χ0n) is 13.1. The molecular formula is C19H17NO3. The Bertz CT molecular complexity index is 878. The van der Waals surface area contributed by atoms with E-state index in [9.17, 15) is 9.59 Å². The predicted octanol–water partition coefficient (Wildman–Crippen LogP) is 3.99. The highest BCUT2D eigenvalue weighted by molar-refractivity contribution is 6.05. The van der Waals surface area contributed by atoms with Crippen molar-refractivity contribution in [3.63, 3.8) is 0 Å². The van der Waals surface area contributed by atoms with E-state index in [1.54, 1.807) is 29.7 Å². The minimum atomic E-state index is -0.384. The number of aromatic nitrogens is 1. The molecule has 0 aliphatic rings. The van der Waals surface area contributed by atoms with E-state index in [4.69, 9.17) is 4.74 Å². The third-order valence-corrected chi connectivity index (χ3v) is 3.72. The summed E-state index contributed by atoms with van der Waals surface area (Å²) >= 11 is 0. The molecule has 0 aliphatic heterocycles. The maximum absolute atomic E-state index is 12.2. The summed E-state index contributed by atoms with van der Waals surface area (Å²) in [6.07, 6.45) is 1.79. The average molecular weight is 307 g/mol. The van der Waals surface area contributed by atoms with Gasteiger partial charge in [0.15, 0.2) is 5.78 Å². The van der Waals surface area contributed by atoms with Gasteiger partial charge in [0.05, 0.1) is 23.4 Å². The Kier molecular flexibility index (Phi) is 3.98. The van der Waals surface area contributed by atoms with Crippen LogP contribution >= 0.6 is 0 Å². The molecule has 4 nitrogen and oxygen atoms in total. The maximum Gasteiger partial charge on any atom is 0.340 e. The van der Waals surface area contributed by atoms with Crippen LogP contribution in [0.2, 0.25) is 0 Å². The first-order chi connectivity index (χ1) is 11.1. The SMILES string of the molecule is CCOC(=O)c1cccn2c(C(C)=O)c(-c3ccccc3)cc12. The van der Waals surface area contributed by atoms with Crippen LogP contribution in [0.5, 0.6) is 0 Å². The Balaban J connectivity index is 2.30. The number of pyridine rings is 1. The van der Waals surface area contributed by atoms with Gasteiger partial charge in [-0.05, 0) is 30.7 Å². The van der Waals surface area contributed by atoms with Crippen LogP contribution in [0.1, 0.15) is 34.7 Å². The van der Waals surface area contributed by atoms with E-state index < -0.39 is 0 Å². The number of hydrogen-bond donors (Lipinski definition) is 0. The highest BCUT2D eigenvalue weighted by Gasteiger charge is 2.20. The average Bonchev–Trinajstić information content (AvgIpc) is 2.95. The summed E-state index contributed by atoms with van der Waals surface area (Å²) in [5.74, 6) is -0.435. The fourth-order valence-electron chi connectivity index (χ4n) is 2.78. The van der Waals surface area contributed by atoms with Crippen molar-refractivity contribution in [2.45, 2.75) is 13.8 Å². The van der Waals surface area contributed by atoms with Crippen LogP contribution in [-0.4, -0.2) is 22.8 Å². The largest absolute Gasteiger partial charge is 0.462 e. The van der Waals surface area contributed by atoms with Gasteiger partial charge in [-0.15, -0.1) is 0 Å². The molecule has 23 heavy (non-hydrogen) atoms. The van der Waals surface area contributed by atoms with Crippen LogP contribution in [0.25, 0.3) is 16.6 Å². The molecule has 2 aromatic heterocycles. The molecule has 4 heteroatoms. The Morgan fingerprint density at radius 2 is 1.83 bits per heavy atom. The molecule has 2 heterocycles. The molecule has 3 aromatic rings. The van der Waals surface area contributed by atoms with Crippen LogP contribution in [0.3, 0.4) is 0 Å². The number of carbonyl (C=O) groups excluding carboxylic acids is 2. The molecule has 0 radical (unpaired) electrons. The van der Waals surface area contributed by atoms with E-state index in [2.05, 4.69) is 0 Å². The summed E-state index contributed by atoms with van der Waals surface area (Å²) in [7, 11) is 0. The van der Waals surface area contributed by atoms with Gasteiger partial charge in [0.1, 0.15) is 0 Å². The highest BCUT2D eigenvalue weighted by Crippen LogP contribution is 2.29. The quantitative estimate of drug-likeness (QED) is 0.541. The number of benzene rings is 1. The highest BCUT2D eigenvalue weighted by atomic mass is 16.5. The van der Waals surface area contributed by atoms with Crippen molar-refractivity contribution in [1.29, 1.82) is 0 Å². The summed E-state index contributed by atoms with van der Waals surface area (Å²) in [4.78, 5) is 24.3. The lowest BCUT2D eigenvalue weighted by Gasteiger charge is -2.06. The fourth-order valence-corrected chi connectivity index (χ4v) is 2.78. The summed E-state index contributed by atoms with van der Waals surface area (Å²) in [5, 5.41) is 0. The molecule has 0 aliphatic carbocycles. The molecule has 0 unspecified atom stereocenters. The number of Topliss-reactive ketones (excluding diaryl/α,β-unsaturated/α-hetero) is 1. The van der Waals surface area contributed by atoms with Crippen molar-refractivity contribution in [2.24, 2.45) is 0 Å². The van der Waals surface area contributed by atoms with Gasteiger partial charge in [-0.25, -0.2) is 4.79 Å². The molecular weight excluding hydrogens is 290 g/mol. The number of nitrogens with zero attached hydrogens (tertiary/aromatic N) is 1. The molecule has 0 saturated carbocycles. The summed E-state index contributed by atoms with van der Waals surface area (Å²) in [6.45, 7) is 3.61. The summed E-state index contributed by atoms with van der Waals surface area (Å²) < 4.78 is 6.87. The first-order valence-corrected chi connectivity index (χ1v) is 7.51. The summed E-state index contributed by atoms with van der Waals surface area (Å²) in [6, 6.07) is 15.0. The zero-order valence-corrected chi connectivity index (χ0v) is 13.1. The number of fused-ring (bicyclic) bond motifs is 1. The molecule has 0 fully saturated rings. The minimum Gasteiger partial charge on any atom is -0.462 e. The van der Waals surface area contributed by atoms with E-state index >= 15 is 0 Å². The van der Waals surface area contributed by atoms with Gasteiger partial charge in [0.2, 0.25) is 0 Å². The molecule has 0 atom stereocenters. The van der Waals surface area contributed by atoms with Gasteiger partial charge in [0.25, 0.3) is 0 Å². The van der Waals surface area contributed by atoms with Gasteiger partial charge in [-0.1, -0.05) is 30.3 Å². The van der Waals surface area contributed by atoms with Crippen molar-refractivity contribution in [2.75, 3.05) is 6.61 Å². The van der Waals surface area contributed by atoms with E-state index in [1.807, 2.05) is 36.4 Å². The Labute approximate surface area is 134 Å². The monoisotopic (exact) mass is 307 g/mol. The zero-order chi connectivity index (χ0) is 16.4. The lowest BCUT2D eigenvalue weighted by molar-refractivity contribution is 0.0528. The van der Waals surface area contributed by atoms with Crippen LogP contribution in [0.15, 0.2) is 54.7 Å². The van der Waals surface area contributed by atoms with Gasteiger partial charge in [-0.3, -0.25) is 4.79 Å². The van der Waals surface area contributed by atoms with Crippen LogP contribution in [0.4, 0.5) is 0 Å². The topological polar surface area (TPSA) is 47.8 Å². The van der Waals surface area contributed by atoms with Crippen molar-refractivity contribution in [1.82, 2.24) is 4.40 Å². The Hall–Kier alpha value is -2.88. The molecule has 3 rings (SSSR count). The number of carbonyl (C=O) groups is 2. The third kappa shape index (κ3) is 2.63. The van der Waals surface area contributed by atoms with Crippen LogP contribution < -0.4 is 0 Å².